The van der Waals surface area contributed by atoms with E-state index in [4.69, 9.17) is 0 Å². The number of aryl methyl sites for hydroxylation is 1. The highest BCUT2D eigenvalue weighted by Gasteiger charge is 2.26. The van der Waals surface area contributed by atoms with Crippen molar-refractivity contribution in [3.63, 3.8) is 0 Å². The van der Waals surface area contributed by atoms with E-state index in [9.17, 15) is 19.8 Å². The Kier molecular flexibility index (Phi) is 4.18. The van der Waals surface area contributed by atoms with Crippen LogP contribution in [0.2, 0.25) is 0 Å². The summed E-state index contributed by atoms with van der Waals surface area (Å²) >= 11 is 0. The third-order valence-electron chi connectivity index (χ3n) is 3.43. The minimum absolute atomic E-state index is 0.0986. The summed E-state index contributed by atoms with van der Waals surface area (Å²) in [7, 11) is 0. The van der Waals surface area contributed by atoms with Crippen LogP contribution in [-0.2, 0) is 6.54 Å². The van der Waals surface area contributed by atoms with E-state index in [1.807, 2.05) is 0 Å². The van der Waals surface area contributed by atoms with Crippen molar-refractivity contribution < 1.29 is 10.2 Å². The number of aliphatic hydroxyl groups is 2. The van der Waals surface area contributed by atoms with E-state index >= 15 is 0 Å². The molecule has 0 aromatic carbocycles. The van der Waals surface area contributed by atoms with Crippen LogP contribution in [0.3, 0.4) is 0 Å². The molecule has 2 heterocycles. The number of aromatic amines is 1. The van der Waals surface area contributed by atoms with Gasteiger partial charge in [0.05, 0.1) is 18.8 Å². The number of nitrogens with zero attached hydrogens (tertiary/aromatic N) is 1. The highest BCUT2D eigenvalue weighted by molar-refractivity contribution is 5.01. The Morgan fingerprint density at radius 1 is 1.53 bits per heavy atom. The third-order valence-corrected chi connectivity index (χ3v) is 3.43. The lowest BCUT2D eigenvalue weighted by Gasteiger charge is -2.19. The van der Waals surface area contributed by atoms with Crippen LogP contribution in [0, 0.1) is 6.92 Å². The Labute approximate surface area is 109 Å². The molecule has 1 saturated heterocycles. The fourth-order valence-corrected chi connectivity index (χ4v) is 2.34. The molecule has 1 aliphatic rings. The number of aromatic nitrogens is 2. The van der Waals surface area contributed by atoms with E-state index in [0.717, 1.165) is 6.54 Å². The summed E-state index contributed by atoms with van der Waals surface area (Å²) in [5, 5.41) is 22.7. The Bertz CT molecular complexity index is 551. The van der Waals surface area contributed by atoms with Gasteiger partial charge in [0, 0.05) is 17.8 Å². The average molecular weight is 269 g/mol. The summed E-state index contributed by atoms with van der Waals surface area (Å²) in [6.45, 7) is 2.43. The summed E-state index contributed by atoms with van der Waals surface area (Å²) in [5.41, 5.74) is -0.524. The number of rotatable bonds is 4. The zero-order chi connectivity index (χ0) is 14.0. The molecule has 1 aliphatic heterocycles. The number of H-pyrrole nitrogens is 1. The summed E-state index contributed by atoms with van der Waals surface area (Å²) in [4.78, 5) is 25.0. The number of aliphatic hydroxyl groups excluding tert-OH is 2. The van der Waals surface area contributed by atoms with Crippen molar-refractivity contribution in [1.82, 2.24) is 14.9 Å². The van der Waals surface area contributed by atoms with E-state index in [1.165, 1.54) is 10.8 Å². The zero-order valence-electron chi connectivity index (χ0n) is 10.8. The third kappa shape index (κ3) is 3.31. The van der Waals surface area contributed by atoms with Crippen molar-refractivity contribution in [1.29, 1.82) is 0 Å². The highest BCUT2D eigenvalue weighted by Crippen LogP contribution is 2.12. The van der Waals surface area contributed by atoms with Gasteiger partial charge in [0.2, 0.25) is 0 Å². The Balaban J connectivity index is 2.02. The quantitative estimate of drug-likeness (QED) is 0.522. The minimum atomic E-state index is -0.756. The summed E-state index contributed by atoms with van der Waals surface area (Å²) in [6.07, 6.45) is 1.26. The average Bonchev–Trinajstić information content (AvgIpc) is 2.72. The topological polar surface area (TPSA) is 107 Å². The van der Waals surface area contributed by atoms with Crippen LogP contribution in [0.15, 0.2) is 15.8 Å². The minimum Gasteiger partial charge on any atom is -0.391 e. The van der Waals surface area contributed by atoms with Gasteiger partial charge in [0.1, 0.15) is 0 Å². The van der Waals surface area contributed by atoms with Crippen molar-refractivity contribution in [2.75, 3.05) is 6.54 Å². The first-order valence-electron chi connectivity index (χ1n) is 6.37. The molecule has 7 nitrogen and oxygen atoms in total. The van der Waals surface area contributed by atoms with E-state index < -0.39 is 23.5 Å². The molecule has 0 amide bonds. The van der Waals surface area contributed by atoms with Crippen molar-refractivity contribution in [3.05, 3.63) is 32.6 Å². The Morgan fingerprint density at radius 3 is 2.89 bits per heavy atom. The smallest absolute Gasteiger partial charge is 0.328 e. The van der Waals surface area contributed by atoms with Gasteiger partial charge in [-0.25, -0.2) is 4.79 Å². The predicted molar refractivity (Wildman–Crippen MR) is 69.1 cm³/mol. The first kappa shape index (κ1) is 14.0. The molecule has 106 valence electrons. The van der Waals surface area contributed by atoms with Crippen LogP contribution >= 0.6 is 0 Å². The molecule has 0 spiro atoms. The maximum absolute atomic E-state index is 11.6. The molecule has 7 heteroatoms. The molecular formula is C12H19N3O4. The molecule has 4 N–H and O–H groups in total. The van der Waals surface area contributed by atoms with Gasteiger partial charge >= 0.3 is 5.69 Å². The first-order chi connectivity index (χ1) is 8.97. The fourth-order valence-electron chi connectivity index (χ4n) is 2.34. The number of nitrogens with one attached hydrogen (secondary N) is 2. The number of hydrogen-bond acceptors (Lipinski definition) is 5. The summed E-state index contributed by atoms with van der Waals surface area (Å²) in [5.74, 6) is 0. The van der Waals surface area contributed by atoms with Gasteiger partial charge < -0.3 is 15.5 Å². The SMILES string of the molecule is Cc1cn(C[C@H](O)C[C@H]2NCC[C@@H]2O)c(=O)[nH]c1=O. The Morgan fingerprint density at radius 2 is 2.26 bits per heavy atom. The zero-order valence-corrected chi connectivity index (χ0v) is 10.8. The standard InChI is InChI=1S/C12H19N3O4/c1-7-5-15(12(19)14-11(7)18)6-8(16)4-9-10(17)2-3-13-9/h5,8-10,13,16-17H,2-4,6H2,1H3,(H,14,18,19)/t8-,9-,10+/m1/s1. The van der Waals surface area contributed by atoms with Gasteiger partial charge in [-0.2, -0.15) is 0 Å². The molecule has 3 atom stereocenters. The summed E-state index contributed by atoms with van der Waals surface area (Å²) in [6, 6.07) is -0.144. The largest absolute Gasteiger partial charge is 0.391 e. The van der Waals surface area contributed by atoms with Crippen LogP contribution in [0.4, 0.5) is 0 Å². The summed E-state index contributed by atoms with van der Waals surface area (Å²) < 4.78 is 1.28. The van der Waals surface area contributed by atoms with E-state index in [0.29, 0.717) is 18.4 Å². The maximum Gasteiger partial charge on any atom is 0.328 e. The molecule has 0 saturated carbocycles. The van der Waals surface area contributed by atoms with Gasteiger partial charge in [0.15, 0.2) is 0 Å². The van der Waals surface area contributed by atoms with Crippen molar-refractivity contribution in [3.8, 4) is 0 Å². The van der Waals surface area contributed by atoms with Crippen molar-refractivity contribution in [2.24, 2.45) is 0 Å². The second-order valence-electron chi connectivity index (χ2n) is 5.03. The normalized spacial score (nSPS) is 24.6. The van der Waals surface area contributed by atoms with Gasteiger partial charge in [-0.15, -0.1) is 0 Å². The molecular weight excluding hydrogens is 250 g/mol. The molecule has 2 rings (SSSR count). The molecule has 0 aliphatic carbocycles. The maximum atomic E-state index is 11.6. The van der Waals surface area contributed by atoms with Crippen molar-refractivity contribution in [2.45, 2.75) is 44.6 Å². The second-order valence-corrected chi connectivity index (χ2v) is 5.03. The molecule has 0 radical (unpaired) electrons. The van der Waals surface area contributed by atoms with Crippen LogP contribution < -0.4 is 16.6 Å². The van der Waals surface area contributed by atoms with Gasteiger partial charge in [-0.3, -0.25) is 14.3 Å². The van der Waals surface area contributed by atoms with Crippen LogP contribution in [-0.4, -0.2) is 44.6 Å². The van der Waals surface area contributed by atoms with E-state index in [1.54, 1.807) is 6.92 Å². The predicted octanol–water partition coefficient (Wildman–Crippen LogP) is -1.68. The highest BCUT2D eigenvalue weighted by atomic mass is 16.3. The lowest BCUT2D eigenvalue weighted by molar-refractivity contribution is 0.0923. The lowest BCUT2D eigenvalue weighted by atomic mass is 10.1. The molecule has 1 aromatic heterocycles. The first-order valence-corrected chi connectivity index (χ1v) is 6.37. The van der Waals surface area contributed by atoms with Crippen molar-refractivity contribution >= 4 is 0 Å². The second kappa shape index (κ2) is 5.68. The lowest BCUT2D eigenvalue weighted by Crippen LogP contribution is -2.38. The molecule has 19 heavy (non-hydrogen) atoms. The Hall–Kier alpha value is -1.44. The fraction of sp³-hybridized carbons (Fsp3) is 0.667. The number of hydrogen-bond donors (Lipinski definition) is 4. The van der Waals surface area contributed by atoms with Crippen LogP contribution in [0.5, 0.6) is 0 Å². The van der Waals surface area contributed by atoms with Crippen LogP contribution in [0.1, 0.15) is 18.4 Å². The monoisotopic (exact) mass is 269 g/mol. The molecule has 0 unspecified atom stereocenters. The molecule has 1 fully saturated rings. The molecule has 0 bridgehead atoms. The van der Waals surface area contributed by atoms with E-state index in [-0.39, 0.29) is 12.6 Å². The van der Waals surface area contributed by atoms with Gasteiger partial charge in [-0.05, 0) is 26.3 Å². The van der Waals surface area contributed by atoms with Crippen LogP contribution in [0.25, 0.3) is 0 Å². The molecule has 1 aromatic rings. The van der Waals surface area contributed by atoms with Gasteiger partial charge in [-0.1, -0.05) is 0 Å². The van der Waals surface area contributed by atoms with E-state index in [2.05, 4.69) is 10.3 Å². The van der Waals surface area contributed by atoms with Gasteiger partial charge in [0.25, 0.3) is 5.56 Å².